The highest BCUT2D eigenvalue weighted by Gasteiger charge is 2.06. The molecule has 15 heavy (non-hydrogen) atoms. The largest absolute Gasteiger partial charge is 0.466 e. The van der Waals surface area contributed by atoms with Gasteiger partial charge in [-0.25, -0.2) is 0 Å². The van der Waals surface area contributed by atoms with Gasteiger partial charge in [0.05, 0.1) is 19.6 Å². The van der Waals surface area contributed by atoms with Gasteiger partial charge in [-0.05, 0) is 6.42 Å². The van der Waals surface area contributed by atoms with Crippen molar-refractivity contribution in [3.05, 3.63) is 0 Å². The summed E-state index contributed by atoms with van der Waals surface area (Å²) in [7, 11) is 0. The van der Waals surface area contributed by atoms with Crippen molar-refractivity contribution in [1.82, 2.24) is 0 Å². The molecule has 2 N–H and O–H groups in total. The fraction of sp³-hybridized carbons (Fsp3) is 0.818. The molecule has 0 aromatic rings. The van der Waals surface area contributed by atoms with E-state index in [0.717, 1.165) is 12.8 Å². The summed E-state index contributed by atoms with van der Waals surface area (Å²) in [5.41, 5.74) is 5.11. The second kappa shape index (κ2) is 9.65. The zero-order valence-corrected chi connectivity index (χ0v) is 9.46. The first-order chi connectivity index (χ1) is 7.20. The third kappa shape index (κ3) is 9.41. The summed E-state index contributed by atoms with van der Waals surface area (Å²) < 4.78 is 4.95. The monoisotopic (exact) mass is 215 g/mol. The summed E-state index contributed by atoms with van der Waals surface area (Å²) in [5, 5.41) is 0. The molecule has 0 aromatic carbocycles. The molecule has 88 valence electrons. The summed E-state index contributed by atoms with van der Waals surface area (Å²) in [6, 6.07) is 0. The van der Waals surface area contributed by atoms with Gasteiger partial charge in [-0.2, -0.15) is 0 Å². The molecule has 4 nitrogen and oxygen atoms in total. The number of Topliss-reactive ketones (excluding diaryl/α,β-unsaturated/α-hetero) is 1. The van der Waals surface area contributed by atoms with E-state index in [0.29, 0.717) is 6.61 Å². The first-order valence-corrected chi connectivity index (χ1v) is 5.58. The minimum absolute atomic E-state index is 0.00375. The van der Waals surface area contributed by atoms with Crippen molar-refractivity contribution >= 4 is 11.8 Å². The van der Waals surface area contributed by atoms with Gasteiger partial charge in [-0.3, -0.25) is 9.59 Å². The maximum atomic E-state index is 11.1. The molecular weight excluding hydrogens is 194 g/mol. The van der Waals surface area contributed by atoms with Crippen LogP contribution in [0.1, 0.15) is 45.4 Å². The fourth-order valence-corrected chi connectivity index (χ4v) is 1.13. The first kappa shape index (κ1) is 14.1. The summed E-state index contributed by atoms with van der Waals surface area (Å²) in [4.78, 5) is 21.9. The zero-order chi connectivity index (χ0) is 11.5. The van der Waals surface area contributed by atoms with E-state index in [9.17, 15) is 9.59 Å². The van der Waals surface area contributed by atoms with E-state index in [1.165, 1.54) is 12.8 Å². The second-order valence-electron chi connectivity index (χ2n) is 3.52. The SMILES string of the molecule is CCCCCCOC(=O)CCC(=O)CN. The van der Waals surface area contributed by atoms with Crippen LogP contribution in [0.2, 0.25) is 0 Å². The van der Waals surface area contributed by atoms with Crippen molar-refractivity contribution < 1.29 is 14.3 Å². The van der Waals surface area contributed by atoms with Crippen LogP contribution in [0.3, 0.4) is 0 Å². The number of unbranched alkanes of at least 4 members (excludes halogenated alkanes) is 3. The normalized spacial score (nSPS) is 10.0. The molecule has 0 amide bonds. The van der Waals surface area contributed by atoms with E-state index in [1.54, 1.807) is 0 Å². The van der Waals surface area contributed by atoms with Crippen molar-refractivity contribution in [1.29, 1.82) is 0 Å². The van der Waals surface area contributed by atoms with Crippen molar-refractivity contribution in [3.63, 3.8) is 0 Å². The van der Waals surface area contributed by atoms with Crippen LogP contribution in [-0.2, 0) is 14.3 Å². The topological polar surface area (TPSA) is 69.4 Å². The van der Waals surface area contributed by atoms with Crippen LogP contribution in [0.5, 0.6) is 0 Å². The van der Waals surface area contributed by atoms with E-state index in [2.05, 4.69) is 6.92 Å². The molecule has 0 unspecified atom stereocenters. The van der Waals surface area contributed by atoms with Gasteiger partial charge < -0.3 is 10.5 Å². The quantitative estimate of drug-likeness (QED) is 0.466. The van der Waals surface area contributed by atoms with Crippen LogP contribution in [0.15, 0.2) is 0 Å². The number of ketones is 1. The number of carbonyl (C=O) groups excluding carboxylic acids is 2. The molecule has 0 aliphatic carbocycles. The lowest BCUT2D eigenvalue weighted by Crippen LogP contribution is -2.15. The molecule has 0 fully saturated rings. The Bertz CT molecular complexity index is 192. The van der Waals surface area contributed by atoms with Gasteiger partial charge in [0.2, 0.25) is 0 Å². The van der Waals surface area contributed by atoms with Crippen LogP contribution < -0.4 is 5.73 Å². The maximum Gasteiger partial charge on any atom is 0.306 e. The van der Waals surface area contributed by atoms with E-state index >= 15 is 0 Å². The third-order valence-corrected chi connectivity index (χ3v) is 2.10. The predicted molar refractivity (Wildman–Crippen MR) is 58.4 cm³/mol. The molecule has 0 aliphatic heterocycles. The number of hydrogen-bond donors (Lipinski definition) is 1. The summed E-state index contributed by atoms with van der Waals surface area (Å²) in [6.07, 6.45) is 4.69. The van der Waals surface area contributed by atoms with Gasteiger partial charge in [0.1, 0.15) is 5.78 Å². The van der Waals surface area contributed by atoms with E-state index in [4.69, 9.17) is 10.5 Å². The highest BCUT2D eigenvalue weighted by Crippen LogP contribution is 2.00. The Labute approximate surface area is 91.2 Å². The minimum atomic E-state index is -0.298. The molecule has 0 spiro atoms. The number of ether oxygens (including phenoxy) is 1. The van der Waals surface area contributed by atoms with Gasteiger partial charge in [0, 0.05) is 6.42 Å². The Balaban J connectivity index is 3.30. The average molecular weight is 215 g/mol. The van der Waals surface area contributed by atoms with Gasteiger partial charge >= 0.3 is 5.97 Å². The fourth-order valence-electron chi connectivity index (χ4n) is 1.13. The Kier molecular flexibility index (Phi) is 9.07. The van der Waals surface area contributed by atoms with Crippen LogP contribution in [0, 0.1) is 0 Å². The van der Waals surface area contributed by atoms with E-state index in [1.807, 2.05) is 0 Å². The van der Waals surface area contributed by atoms with E-state index in [-0.39, 0.29) is 31.1 Å². The summed E-state index contributed by atoms with van der Waals surface area (Å²) in [6.45, 7) is 2.60. The minimum Gasteiger partial charge on any atom is -0.466 e. The van der Waals surface area contributed by atoms with Crippen molar-refractivity contribution in [2.75, 3.05) is 13.2 Å². The molecule has 0 saturated carbocycles. The highest BCUT2D eigenvalue weighted by atomic mass is 16.5. The number of hydrogen-bond acceptors (Lipinski definition) is 4. The molecule has 0 radical (unpaired) electrons. The second-order valence-corrected chi connectivity index (χ2v) is 3.52. The van der Waals surface area contributed by atoms with Crippen molar-refractivity contribution in [3.8, 4) is 0 Å². The maximum absolute atomic E-state index is 11.1. The van der Waals surface area contributed by atoms with Crippen LogP contribution in [-0.4, -0.2) is 24.9 Å². The average Bonchev–Trinajstić information content (AvgIpc) is 2.25. The molecular formula is C11H21NO3. The summed E-state index contributed by atoms with van der Waals surface area (Å²) >= 11 is 0. The van der Waals surface area contributed by atoms with Gasteiger partial charge in [-0.15, -0.1) is 0 Å². The van der Waals surface area contributed by atoms with Gasteiger partial charge in [-0.1, -0.05) is 26.2 Å². The molecule has 0 heterocycles. The van der Waals surface area contributed by atoms with Crippen molar-refractivity contribution in [2.45, 2.75) is 45.4 Å². The summed E-state index contributed by atoms with van der Waals surface area (Å²) in [5.74, 6) is -0.397. The van der Waals surface area contributed by atoms with Crippen LogP contribution >= 0.6 is 0 Å². The first-order valence-electron chi connectivity index (χ1n) is 5.58. The number of esters is 1. The zero-order valence-electron chi connectivity index (χ0n) is 9.46. The van der Waals surface area contributed by atoms with Crippen molar-refractivity contribution in [2.24, 2.45) is 5.73 Å². The molecule has 0 saturated heterocycles. The number of carbonyl (C=O) groups is 2. The Morgan fingerprint density at radius 2 is 1.87 bits per heavy atom. The Hall–Kier alpha value is -0.900. The standard InChI is InChI=1S/C11H21NO3/c1-2-3-4-5-8-15-11(14)7-6-10(13)9-12/h2-9,12H2,1H3. The number of rotatable bonds is 9. The lowest BCUT2D eigenvalue weighted by molar-refractivity contribution is -0.144. The lowest BCUT2D eigenvalue weighted by atomic mass is 10.2. The molecule has 0 aromatic heterocycles. The highest BCUT2D eigenvalue weighted by molar-refractivity contribution is 5.84. The molecule has 0 bridgehead atoms. The van der Waals surface area contributed by atoms with Crippen LogP contribution in [0.4, 0.5) is 0 Å². The lowest BCUT2D eigenvalue weighted by Gasteiger charge is -2.03. The third-order valence-electron chi connectivity index (χ3n) is 2.10. The molecule has 0 atom stereocenters. The van der Waals surface area contributed by atoms with E-state index < -0.39 is 0 Å². The Morgan fingerprint density at radius 3 is 2.47 bits per heavy atom. The smallest absolute Gasteiger partial charge is 0.306 e. The molecule has 4 heteroatoms. The Morgan fingerprint density at radius 1 is 1.13 bits per heavy atom. The van der Waals surface area contributed by atoms with Crippen LogP contribution in [0.25, 0.3) is 0 Å². The number of nitrogens with two attached hydrogens (primary N) is 1. The van der Waals surface area contributed by atoms with Gasteiger partial charge in [0.25, 0.3) is 0 Å². The predicted octanol–water partition coefficient (Wildman–Crippen LogP) is 1.42. The molecule has 0 aliphatic rings. The van der Waals surface area contributed by atoms with Gasteiger partial charge in [0.15, 0.2) is 0 Å². The molecule has 0 rings (SSSR count).